The van der Waals surface area contributed by atoms with Gasteiger partial charge >= 0.3 is 0 Å². The van der Waals surface area contributed by atoms with E-state index in [1.807, 2.05) is 30.3 Å². The number of aliphatic hydroxyl groups is 1. The number of aliphatic hydroxyl groups excluding tert-OH is 1. The van der Waals surface area contributed by atoms with Crippen molar-refractivity contribution in [1.82, 2.24) is 9.78 Å². The lowest BCUT2D eigenvalue weighted by atomic mass is 10.2. The number of hydrogen-bond donors (Lipinski definition) is 2. The molecule has 1 heterocycles. The van der Waals surface area contributed by atoms with Gasteiger partial charge in [-0.25, -0.2) is 8.42 Å². The number of sulfonamides is 1. The van der Waals surface area contributed by atoms with Gasteiger partial charge < -0.3 is 5.11 Å². The third-order valence-electron chi connectivity index (χ3n) is 3.59. The Morgan fingerprint density at radius 1 is 1.16 bits per heavy atom. The molecule has 0 radical (unpaired) electrons. The molecule has 0 bridgehead atoms. The normalized spacial score (nSPS) is 11.4. The van der Waals surface area contributed by atoms with Gasteiger partial charge in [-0.2, -0.15) is 5.10 Å². The second-order valence-electron chi connectivity index (χ2n) is 5.42. The highest BCUT2D eigenvalue weighted by Crippen LogP contribution is 2.24. The number of aromatic nitrogens is 2. The van der Waals surface area contributed by atoms with Crippen LogP contribution in [-0.2, 0) is 23.2 Å². The minimum absolute atomic E-state index is 0.0623. The lowest BCUT2D eigenvalue weighted by Gasteiger charge is -2.10. The smallest absolute Gasteiger partial charge is 0.265 e. The fourth-order valence-corrected chi connectivity index (χ4v) is 3.73. The quantitative estimate of drug-likeness (QED) is 0.640. The van der Waals surface area contributed by atoms with Crippen LogP contribution in [0.25, 0.3) is 0 Å². The molecule has 0 aliphatic heterocycles. The van der Waals surface area contributed by atoms with E-state index in [1.54, 1.807) is 22.9 Å². The number of rotatable bonds is 6. The highest BCUT2D eigenvalue weighted by atomic mass is 79.9. The molecule has 2 aromatic carbocycles. The molecular formula is C17H16BrN3O3S. The summed E-state index contributed by atoms with van der Waals surface area (Å²) in [5.74, 6) is 0. The Labute approximate surface area is 154 Å². The monoisotopic (exact) mass is 421 g/mol. The molecule has 0 saturated carbocycles. The van der Waals surface area contributed by atoms with Crippen LogP contribution in [0.1, 0.15) is 11.1 Å². The van der Waals surface area contributed by atoms with E-state index >= 15 is 0 Å². The van der Waals surface area contributed by atoms with Crippen molar-refractivity contribution in [3.8, 4) is 0 Å². The molecule has 2 N–H and O–H groups in total. The van der Waals surface area contributed by atoms with Crippen LogP contribution in [0.3, 0.4) is 0 Å². The van der Waals surface area contributed by atoms with Gasteiger partial charge in [-0.1, -0.05) is 52.3 Å². The predicted octanol–water partition coefficient (Wildman–Crippen LogP) is 2.99. The number of nitrogens with one attached hydrogen (secondary N) is 1. The maximum absolute atomic E-state index is 12.6. The van der Waals surface area contributed by atoms with Gasteiger partial charge in [-0.3, -0.25) is 9.40 Å². The fraction of sp³-hybridized carbons (Fsp3) is 0.118. The molecule has 25 heavy (non-hydrogen) atoms. The summed E-state index contributed by atoms with van der Waals surface area (Å²) >= 11 is 3.30. The standard InChI is InChI=1S/C17H16BrN3O3S/c18-15-7-6-14(12-22)17(8-15)20-25(23,24)16-9-19-21(11-16)10-13-4-2-1-3-5-13/h1-9,11,20,22H,10,12H2. The van der Waals surface area contributed by atoms with Gasteiger partial charge in [0.1, 0.15) is 4.90 Å². The van der Waals surface area contributed by atoms with Crippen LogP contribution in [0, 0.1) is 0 Å². The third kappa shape index (κ3) is 4.28. The maximum atomic E-state index is 12.6. The summed E-state index contributed by atoms with van der Waals surface area (Å²) in [6, 6.07) is 14.7. The van der Waals surface area contributed by atoms with Gasteiger partial charge in [0.05, 0.1) is 25.0 Å². The Hall–Kier alpha value is -2.16. The minimum atomic E-state index is -3.80. The summed E-state index contributed by atoms with van der Waals surface area (Å²) in [7, 11) is -3.80. The average molecular weight is 422 g/mol. The molecule has 6 nitrogen and oxygen atoms in total. The third-order valence-corrected chi connectivity index (χ3v) is 5.41. The number of halogens is 1. The molecule has 3 aromatic rings. The van der Waals surface area contributed by atoms with E-state index < -0.39 is 10.0 Å². The first-order chi connectivity index (χ1) is 12.0. The first-order valence-electron chi connectivity index (χ1n) is 7.46. The number of benzene rings is 2. The molecule has 3 rings (SSSR count). The van der Waals surface area contributed by atoms with Crippen LogP contribution in [-0.4, -0.2) is 23.3 Å². The zero-order valence-electron chi connectivity index (χ0n) is 13.1. The lowest BCUT2D eigenvalue weighted by Crippen LogP contribution is -2.14. The SMILES string of the molecule is O=S(=O)(Nc1cc(Br)ccc1CO)c1cnn(Cc2ccccc2)c1. The predicted molar refractivity (Wildman–Crippen MR) is 98.6 cm³/mol. The Morgan fingerprint density at radius 2 is 1.92 bits per heavy atom. The van der Waals surface area contributed by atoms with E-state index in [2.05, 4.69) is 25.8 Å². The molecule has 0 aliphatic carbocycles. The Kier molecular flexibility index (Phi) is 5.22. The molecule has 0 atom stereocenters. The van der Waals surface area contributed by atoms with Crippen LogP contribution in [0.15, 0.2) is 70.3 Å². The molecular weight excluding hydrogens is 406 g/mol. The molecule has 0 saturated heterocycles. The van der Waals surface area contributed by atoms with Crippen molar-refractivity contribution in [2.75, 3.05) is 4.72 Å². The van der Waals surface area contributed by atoms with Gasteiger partial charge in [0.15, 0.2) is 0 Å². The summed E-state index contributed by atoms with van der Waals surface area (Å²) in [5.41, 5.74) is 1.84. The van der Waals surface area contributed by atoms with Crippen molar-refractivity contribution in [3.05, 3.63) is 76.5 Å². The van der Waals surface area contributed by atoms with Crippen molar-refractivity contribution >= 4 is 31.6 Å². The fourth-order valence-electron chi connectivity index (χ4n) is 2.33. The Balaban J connectivity index is 1.83. The second kappa shape index (κ2) is 7.38. The Bertz CT molecular complexity index is 972. The summed E-state index contributed by atoms with van der Waals surface area (Å²) in [4.78, 5) is 0.0623. The average Bonchev–Trinajstić information content (AvgIpc) is 3.05. The summed E-state index contributed by atoms with van der Waals surface area (Å²) < 4.78 is 29.9. The zero-order chi connectivity index (χ0) is 17.9. The van der Waals surface area contributed by atoms with Crippen LogP contribution in [0.5, 0.6) is 0 Å². The number of anilines is 1. The first-order valence-corrected chi connectivity index (χ1v) is 9.74. The van der Waals surface area contributed by atoms with E-state index in [0.717, 1.165) is 5.56 Å². The summed E-state index contributed by atoms with van der Waals surface area (Å²) in [6.45, 7) is 0.216. The molecule has 0 unspecified atom stereocenters. The number of nitrogens with zero attached hydrogens (tertiary/aromatic N) is 2. The van der Waals surface area contributed by atoms with Crippen molar-refractivity contribution in [3.63, 3.8) is 0 Å². The molecule has 1 aromatic heterocycles. The Morgan fingerprint density at radius 3 is 2.64 bits per heavy atom. The van der Waals surface area contributed by atoms with Crippen molar-refractivity contribution in [1.29, 1.82) is 0 Å². The van der Waals surface area contributed by atoms with E-state index in [-0.39, 0.29) is 11.5 Å². The van der Waals surface area contributed by atoms with Crippen molar-refractivity contribution in [2.45, 2.75) is 18.0 Å². The molecule has 0 spiro atoms. The molecule has 8 heteroatoms. The van der Waals surface area contributed by atoms with Crippen LogP contribution in [0.4, 0.5) is 5.69 Å². The van der Waals surface area contributed by atoms with Crippen LogP contribution < -0.4 is 4.72 Å². The van der Waals surface area contributed by atoms with E-state index in [9.17, 15) is 13.5 Å². The summed E-state index contributed by atoms with van der Waals surface area (Å²) in [6.07, 6.45) is 2.79. The van der Waals surface area contributed by atoms with Crippen molar-refractivity contribution < 1.29 is 13.5 Å². The van der Waals surface area contributed by atoms with Gasteiger partial charge in [-0.05, 0) is 17.7 Å². The lowest BCUT2D eigenvalue weighted by molar-refractivity contribution is 0.282. The van der Waals surface area contributed by atoms with Crippen molar-refractivity contribution in [2.24, 2.45) is 0 Å². The minimum Gasteiger partial charge on any atom is -0.392 e. The van der Waals surface area contributed by atoms with E-state index in [4.69, 9.17) is 0 Å². The largest absolute Gasteiger partial charge is 0.392 e. The maximum Gasteiger partial charge on any atom is 0.265 e. The van der Waals surface area contributed by atoms with Gasteiger partial charge in [0.25, 0.3) is 10.0 Å². The zero-order valence-corrected chi connectivity index (χ0v) is 15.5. The highest BCUT2D eigenvalue weighted by molar-refractivity contribution is 9.10. The van der Waals surface area contributed by atoms with E-state index in [1.165, 1.54) is 12.4 Å². The first kappa shape index (κ1) is 17.7. The van der Waals surface area contributed by atoms with E-state index in [0.29, 0.717) is 22.3 Å². The highest BCUT2D eigenvalue weighted by Gasteiger charge is 2.18. The molecule has 0 aliphatic rings. The topological polar surface area (TPSA) is 84.2 Å². The second-order valence-corrected chi connectivity index (χ2v) is 8.02. The van der Waals surface area contributed by atoms with Gasteiger partial charge in [0, 0.05) is 16.2 Å². The number of hydrogen-bond acceptors (Lipinski definition) is 4. The van der Waals surface area contributed by atoms with Crippen LogP contribution >= 0.6 is 15.9 Å². The summed E-state index contributed by atoms with van der Waals surface area (Å²) in [5, 5.41) is 13.5. The van der Waals surface area contributed by atoms with Gasteiger partial charge in [-0.15, -0.1) is 0 Å². The molecule has 130 valence electrons. The molecule has 0 fully saturated rings. The van der Waals surface area contributed by atoms with Crippen LogP contribution in [0.2, 0.25) is 0 Å². The molecule has 0 amide bonds. The van der Waals surface area contributed by atoms with Gasteiger partial charge in [0.2, 0.25) is 0 Å².